The molecule has 2 amide bonds. The lowest BCUT2D eigenvalue weighted by Gasteiger charge is -2.35. The predicted molar refractivity (Wildman–Crippen MR) is 91.1 cm³/mol. The summed E-state index contributed by atoms with van der Waals surface area (Å²) < 4.78 is 38.2. The van der Waals surface area contributed by atoms with E-state index in [0.29, 0.717) is 12.0 Å². The smallest absolute Gasteiger partial charge is 0.416 e. The van der Waals surface area contributed by atoms with Crippen molar-refractivity contribution in [2.24, 2.45) is 0 Å². The molecule has 1 unspecified atom stereocenters. The third-order valence-electron chi connectivity index (χ3n) is 4.37. The molecule has 1 aromatic rings. The zero-order valence-electron chi connectivity index (χ0n) is 14.9. The van der Waals surface area contributed by atoms with Crippen LogP contribution in [0, 0.1) is 0 Å². The van der Waals surface area contributed by atoms with E-state index < -0.39 is 53.4 Å². The summed E-state index contributed by atoms with van der Waals surface area (Å²) in [6, 6.07) is 3.77. The first-order chi connectivity index (χ1) is 13.1. The van der Waals surface area contributed by atoms with Gasteiger partial charge in [0.25, 0.3) is 11.8 Å². The van der Waals surface area contributed by atoms with Gasteiger partial charge in [0.05, 0.1) is 11.6 Å². The number of benzene rings is 1. The van der Waals surface area contributed by atoms with Gasteiger partial charge in [-0.25, -0.2) is 0 Å². The van der Waals surface area contributed by atoms with Crippen LogP contribution in [0.4, 0.5) is 13.2 Å². The molecule has 0 aromatic heterocycles. The van der Waals surface area contributed by atoms with Crippen molar-refractivity contribution in [3.63, 3.8) is 0 Å². The second-order valence-electron chi connectivity index (χ2n) is 6.19. The Balaban J connectivity index is 2.27. The minimum absolute atomic E-state index is 0.0291. The number of aliphatic hydroxyl groups excluding tert-OH is 1. The summed E-state index contributed by atoms with van der Waals surface area (Å²) in [4.78, 5) is 36.7. The number of carboxylic acids is 1. The normalized spacial score (nSPS) is 16.1. The zero-order valence-corrected chi connectivity index (χ0v) is 14.9. The van der Waals surface area contributed by atoms with Crippen molar-refractivity contribution in [3.8, 4) is 0 Å². The average molecular weight is 400 g/mol. The molecule has 0 saturated heterocycles. The van der Waals surface area contributed by atoms with Crippen LogP contribution in [0.3, 0.4) is 0 Å². The molecule has 7 nitrogen and oxygen atoms in total. The molecule has 10 heteroatoms. The van der Waals surface area contributed by atoms with Gasteiger partial charge < -0.3 is 20.4 Å². The van der Waals surface area contributed by atoms with Crippen LogP contribution in [0.1, 0.15) is 36.9 Å². The number of halogens is 3. The third-order valence-corrected chi connectivity index (χ3v) is 4.37. The van der Waals surface area contributed by atoms with Gasteiger partial charge in [-0.15, -0.1) is 0 Å². The first-order valence-corrected chi connectivity index (χ1v) is 8.46. The monoisotopic (exact) mass is 400 g/mol. The third kappa shape index (κ3) is 4.62. The Bertz CT molecular complexity index is 802. The highest BCUT2D eigenvalue weighted by atomic mass is 19.4. The lowest BCUT2D eigenvalue weighted by Crippen LogP contribution is -2.45. The summed E-state index contributed by atoms with van der Waals surface area (Å²) in [5, 5.41) is 20.6. The Labute approximate surface area is 158 Å². The van der Waals surface area contributed by atoms with Gasteiger partial charge in [0.1, 0.15) is 17.9 Å². The number of aliphatic hydroxyl groups is 1. The van der Waals surface area contributed by atoms with Crippen LogP contribution in [0.2, 0.25) is 0 Å². The number of carbonyl (C=O) groups is 3. The fourth-order valence-corrected chi connectivity index (χ4v) is 3.02. The molecule has 0 saturated carbocycles. The number of aliphatic carboxylic acids is 1. The molecular weight excluding hydrogens is 381 g/mol. The number of amides is 2. The molecule has 0 radical (unpaired) electrons. The maximum atomic E-state index is 12.7. The van der Waals surface area contributed by atoms with Crippen molar-refractivity contribution < 1.29 is 37.8 Å². The number of carbonyl (C=O) groups excluding carboxylic acids is 2. The maximum absolute atomic E-state index is 12.7. The number of rotatable bonds is 6. The van der Waals surface area contributed by atoms with Gasteiger partial charge in [-0.1, -0.05) is 19.1 Å². The molecule has 2 rings (SSSR count). The number of nitrogens with zero attached hydrogens (tertiary/aromatic N) is 1. The van der Waals surface area contributed by atoms with Crippen molar-refractivity contribution in [1.29, 1.82) is 0 Å². The molecule has 0 fully saturated rings. The zero-order chi connectivity index (χ0) is 21.1. The van der Waals surface area contributed by atoms with Gasteiger partial charge in [-0.05, 0) is 24.1 Å². The van der Waals surface area contributed by atoms with Crippen LogP contribution in [-0.4, -0.2) is 46.0 Å². The fraction of sp³-hybridized carbons (Fsp3) is 0.389. The molecule has 3 N–H and O–H groups in total. The van der Waals surface area contributed by atoms with Crippen molar-refractivity contribution in [1.82, 2.24) is 10.2 Å². The summed E-state index contributed by atoms with van der Waals surface area (Å²) in [5.41, 5.74) is -0.921. The van der Waals surface area contributed by atoms with Crippen molar-refractivity contribution in [2.75, 3.05) is 13.1 Å². The molecule has 0 bridgehead atoms. The molecule has 1 aliphatic heterocycles. The number of hydrogen-bond donors (Lipinski definition) is 3. The highest BCUT2D eigenvalue weighted by molar-refractivity contribution is 6.19. The predicted octanol–water partition coefficient (Wildman–Crippen LogP) is 2.40. The minimum Gasteiger partial charge on any atom is -0.511 e. The van der Waals surface area contributed by atoms with Crippen LogP contribution < -0.4 is 5.32 Å². The Hall–Kier alpha value is -3.04. The van der Waals surface area contributed by atoms with Crippen LogP contribution in [0.15, 0.2) is 35.6 Å². The van der Waals surface area contributed by atoms with E-state index in [1.165, 1.54) is 17.0 Å². The molecule has 152 valence electrons. The molecule has 0 spiro atoms. The summed E-state index contributed by atoms with van der Waals surface area (Å²) in [7, 11) is 0. The highest BCUT2D eigenvalue weighted by Gasteiger charge is 2.36. The van der Waals surface area contributed by atoms with Crippen LogP contribution >= 0.6 is 0 Å². The Kier molecular flexibility index (Phi) is 6.32. The van der Waals surface area contributed by atoms with Gasteiger partial charge in [-0.3, -0.25) is 14.4 Å². The molecule has 0 aliphatic carbocycles. The first-order valence-electron chi connectivity index (χ1n) is 8.46. The van der Waals surface area contributed by atoms with E-state index in [2.05, 4.69) is 0 Å². The largest absolute Gasteiger partial charge is 0.511 e. The lowest BCUT2D eigenvalue weighted by atomic mass is 9.97. The summed E-state index contributed by atoms with van der Waals surface area (Å²) in [6.07, 6.45) is -4.15. The molecular formula is C18H19F3N2O5. The molecule has 1 atom stereocenters. The number of carboxylic acid groups (broad SMARTS) is 1. The Morgan fingerprint density at radius 2 is 1.86 bits per heavy atom. The van der Waals surface area contributed by atoms with Crippen molar-refractivity contribution >= 4 is 17.8 Å². The highest BCUT2D eigenvalue weighted by Crippen LogP contribution is 2.33. The first kappa shape index (κ1) is 21.3. The Morgan fingerprint density at radius 3 is 2.36 bits per heavy atom. The molecule has 28 heavy (non-hydrogen) atoms. The van der Waals surface area contributed by atoms with Gasteiger partial charge in [0.15, 0.2) is 0 Å². The minimum atomic E-state index is -4.48. The fourth-order valence-electron chi connectivity index (χ4n) is 3.02. The van der Waals surface area contributed by atoms with E-state index in [1.807, 2.05) is 5.32 Å². The molecule has 1 heterocycles. The number of alkyl halides is 3. The summed E-state index contributed by atoms with van der Waals surface area (Å²) in [6.45, 7) is 1.08. The summed E-state index contributed by atoms with van der Waals surface area (Å²) in [5.74, 6) is -3.59. The average Bonchev–Trinajstić information content (AvgIpc) is 2.62. The second-order valence-corrected chi connectivity index (χ2v) is 6.19. The lowest BCUT2D eigenvalue weighted by molar-refractivity contribution is -0.139. The number of nitrogens with one attached hydrogen (secondary N) is 1. The quantitative estimate of drug-likeness (QED) is 0.636. The van der Waals surface area contributed by atoms with Crippen LogP contribution in [0.5, 0.6) is 0 Å². The van der Waals surface area contributed by atoms with E-state index in [1.54, 1.807) is 6.92 Å². The van der Waals surface area contributed by atoms with E-state index in [0.717, 1.165) is 12.1 Å². The SMILES string of the molecule is CCC(c1ccc(C(F)(F)F)cc1)N1CCC(O)=C(C(=O)NCC(=O)O)C1=O. The second kappa shape index (κ2) is 8.32. The standard InChI is InChI=1S/C18H19F3N2O5/c1-2-12(10-3-5-11(6-4-10)18(19,20)21)23-8-7-13(24)15(17(23)28)16(27)22-9-14(25)26/h3-6,12,24H,2,7-9H2,1H3,(H,22,27)(H,25,26). The van der Waals surface area contributed by atoms with E-state index in [4.69, 9.17) is 5.11 Å². The van der Waals surface area contributed by atoms with Gasteiger partial charge in [0.2, 0.25) is 0 Å². The topological polar surface area (TPSA) is 107 Å². The van der Waals surface area contributed by atoms with Gasteiger partial charge >= 0.3 is 12.1 Å². The maximum Gasteiger partial charge on any atom is 0.416 e. The van der Waals surface area contributed by atoms with Crippen molar-refractivity contribution in [3.05, 3.63) is 46.7 Å². The van der Waals surface area contributed by atoms with E-state index in [-0.39, 0.29) is 13.0 Å². The van der Waals surface area contributed by atoms with Gasteiger partial charge in [0, 0.05) is 13.0 Å². The number of hydrogen-bond acceptors (Lipinski definition) is 4. The summed E-state index contributed by atoms with van der Waals surface area (Å²) >= 11 is 0. The molecule has 1 aromatic carbocycles. The van der Waals surface area contributed by atoms with Gasteiger partial charge in [-0.2, -0.15) is 13.2 Å². The van der Waals surface area contributed by atoms with Crippen molar-refractivity contribution in [2.45, 2.75) is 32.0 Å². The Morgan fingerprint density at radius 1 is 1.25 bits per heavy atom. The van der Waals surface area contributed by atoms with E-state index in [9.17, 15) is 32.7 Å². The van der Waals surface area contributed by atoms with E-state index >= 15 is 0 Å². The molecule has 1 aliphatic rings. The van der Waals surface area contributed by atoms with Crippen LogP contribution in [-0.2, 0) is 20.6 Å². The van der Waals surface area contributed by atoms with Crippen LogP contribution in [0.25, 0.3) is 0 Å².